The topological polar surface area (TPSA) is 64.3 Å². The Morgan fingerprint density at radius 2 is 2.00 bits per heavy atom. The fraction of sp³-hybridized carbons (Fsp3) is 0.417. The highest BCUT2D eigenvalue weighted by Gasteiger charge is 2.38. The molecule has 0 radical (unpaired) electrons. The lowest BCUT2D eigenvalue weighted by atomic mass is 10.2. The Hall–Kier alpha value is -1.47. The smallest absolute Gasteiger partial charge is 0.397 e. The molecule has 0 heterocycles. The fourth-order valence-electron chi connectivity index (χ4n) is 1.32. The van der Waals surface area contributed by atoms with Crippen LogP contribution in [0.1, 0.15) is 13.8 Å². The van der Waals surface area contributed by atoms with Crippen LogP contribution in [0.25, 0.3) is 0 Å². The molecule has 1 rings (SSSR count). The number of alkyl halides is 3. The normalized spacial score (nSPS) is 14.7. The summed E-state index contributed by atoms with van der Waals surface area (Å²) < 4.78 is 41.6. The number of carbonyl (C=O) groups excluding carboxylic acids is 1. The third-order valence-electron chi connectivity index (χ3n) is 2.51. The van der Waals surface area contributed by atoms with Gasteiger partial charge in [0.25, 0.3) is 5.91 Å². The Morgan fingerprint density at radius 3 is 2.55 bits per heavy atom. The van der Waals surface area contributed by atoms with Gasteiger partial charge in [-0.25, -0.2) is 0 Å². The van der Waals surface area contributed by atoms with E-state index in [0.717, 1.165) is 6.92 Å². The van der Waals surface area contributed by atoms with Gasteiger partial charge in [-0.1, -0.05) is 11.6 Å². The van der Waals surface area contributed by atoms with Crippen LogP contribution in [0.5, 0.6) is 0 Å². The van der Waals surface area contributed by atoms with Gasteiger partial charge in [-0.2, -0.15) is 13.2 Å². The molecule has 0 saturated carbocycles. The number of nitrogens with two attached hydrogens (primary N) is 1. The molecule has 2 atom stereocenters. The Morgan fingerprint density at radius 1 is 1.40 bits per heavy atom. The minimum Gasteiger partial charge on any atom is -0.397 e. The maximum absolute atomic E-state index is 12.3. The molecule has 1 aromatic carbocycles. The van der Waals surface area contributed by atoms with Crippen molar-refractivity contribution >= 4 is 28.9 Å². The van der Waals surface area contributed by atoms with Gasteiger partial charge in [0.15, 0.2) is 6.10 Å². The number of ether oxygens (including phenoxy) is 1. The SMILES string of the molecule is CC(OC(C)C(F)(F)F)C(=O)Nc1cc(Cl)ccc1N. The number of amides is 1. The van der Waals surface area contributed by atoms with Crippen LogP contribution in [0, 0.1) is 0 Å². The molecule has 0 aromatic heterocycles. The van der Waals surface area contributed by atoms with E-state index in [2.05, 4.69) is 10.1 Å². The van der Waals surface area contributed by atoms with Crippen LogP contribution < -0.4 is 11.1 Å². The number of nitrogens with one attached hydrogen (secondary N) is 1. The average molecular weight is 311 g/mol. The first-order valence-corrected chi connectivity index (χ1v) is 6.07. The summed E-state index contributed by atoms with van der Waals surface area (Å²) in [6.07, 6.45) is -7.85. The van der Waals surface area contributed by atoms with Crippen LogP contribution in [0.3, 0.4) is 0 Å². The third-order valence-corrected chi connectivity index (χ3v) is 2.75. The molecular weight excluding hydrogens is 297 g/mol. The Labute approximate surface area is 119 Å². The maximum Gasteiger partial charge on any atom is 0.414 e. The van der Waals surface area contributed by atoms with Crippen LogP contribution in [0.4, 0.5) is 24.5 Å². The summed E-state index contributed by atoms with van der Waals surface area (Å²) >= 11 is 5.74. The van der Waals surface area contributed by atoms with Gasteiger partial charge in [-0.3, -0.25) is 4.79 Å². The molecule has 1 aromatic rings. The van der Waals surface area contributed by atoms with E-state index in [4.69, 9.17) is 17.3 Å². The molecule has 0 saturated heterocycles. The van der Waals surface area contributed by atoms with E-state index in [1.165, 1.54) is 25.1 Å². The zero-order valence-electron chi connectivity index (χ0n) is 10.8. The molecule has 0 aliphatic heterocycles. The van der Waals surface area contributed by atoms with E-state index in [9.17, 15) is 18.0 Å². The minimum atomic E-state index is -4.52. The summed E-state index contributed by atoms with van der Waals surface area (Å²) in [6, 6.07) is 4.40. The van der Waals surface area contributed by atoms with Crippen molar-refractivity contribution in [3.8, 4) is 0 Å². The van der Waals surface area contributed by atoms with E-state index in [1.54, 1.807) is 0 Å². The summed E-state index contributed by atoms with van der Waals surface area (Å²) in [7, 11) is 0. The van der Waals surface area contributed by atoms with Crippen molar-refractivity contribution in [3.05, 3.63) is 23.2 Å². The first-order chi connectivity index (χ1) is 9.11. The Bertz CT molecular complexity index is 494. The molecule has 112 valence electrons. The van der Waals surface area contributed by atoms with Crippen LogP contribution in [-0.4, -0.2) is 24.3 Å². The summed E-state index contributed by atoms with van der Waals surface area (Å²) in [5.74, 6) is -0.741. The molecule has 4 nitrogen and oxygen atoms in total. The Kier molecular flexibility index (Phi) is 5.24. The number of nitrogen functional groups attached to an aromatic ring is 1. The van der Waals surface area contributed by atoms with Crippen LogP contribution >= 0.6 is 11.6 Å². The van der Waals surface area contributed by atoms with Crippen LogP contribution in [-0.2, 0) is 9.53 Å². The summed E-state index contributed by atoms with van der Waals surface area (Å²) in [4.78, 5) is 11.7. The fourth-order valence-corrected chi connectivity index (χ4v) is 1.49. The van der Waals surface area contributed by atoms with E-state index in [1.807, 2.05) is 0 Å². The van der Waals surface area contributed by atoms with E-state index >= 15 is 0 Å². The number of hydrogen-bond acceptors (Lipinski definition) is 3. The first-order valence-electron chi connectivity index (χ1n) is 5.69. The number of carbonyl (C=O) groups is 1. The summed E-state index contributed by atoms with van der Waals surface area (Å²) in [5.41, 5.74) is 6.08. The molecule has 0 aliphatic carbocycles. The molecule has 3 N–H and O–H groups in total. The van der Waals surface area contributed by atoms with Gasteiger partial charge in [0.05, 0.1) is 11.4 Å². The third kappa shape index (κ3) is 4.57. The van der Waals surface area contributed by atoms with Crippen LogP contribution in [0.15, 0.2) is 18.2 Å². The van der Waals surface area contributed by atoms with E-state index < -0.39 is 24.3 Å². The van der Waals surface area contributed by atoms with Crippen molar-refractivity contribution in [2.24, 2.45) is 0 Å². The monoisotopic (exact) mass is 310 g/mol. The number of anilines is 2. The average Bonchev–Trinajstić information content (AvgIpc) is 2.32. The van der Waals surface area contributed by atoms with Crippen molar-refractivity contribution in [1.29, 1.82) is 0 Å². The number of halogens is 4. The number of hydrogen-bond donors (Lipinski definition) is 2. The lowest BCUT2D eigenvalue weighted by Gasteiger charge is -2.21. The predicted octanol–water partition coefficient (Wildman–Crippen LogP) is 3.22. The predicted molar refractivity (Wildman–Crippen MR) is 70.6 cm³/mol. The van der Waals surface area contributed by atoms with Gasteiger partial charge < -0.3 is 15.8 Å². The summed E-state index contributed by atoms with van der Waals surface area (Å²) in [5, 5.41) is 2.71. The molecule has 2 unspecified atom stereocenters. The number of benzene rings is 1. The lowest BCUT2D eigenvalue weighted by molar-refractivity contribution is -0.223. The second-order valence-corrected chi connectivity index (χ2v) is 4.62. The van der Waals surface area contributed by atoms with Gasteiger partial charge in [0.2, 0.25) is 0 Å². The highest BCUT2D eigenvalue weighted by atomic mass is 35.5. The lowest BCUT2D eigenvalue weighted by Crippen LogP contribution is -2.37. The van der Waals surface area contributed by atoms with Gasteiger partial charge >= 0.3 is 6.18 Å². The Balaban J connectivity index is 2.69. The first kappa shape index (κ1) is 16.6. The number of rotatable bonds is 4. The molecular formula is C12H14ClF3N2O2. The largest absolute Gasteiger partial charge is 0.414 e. The van der Waals surface area contributed by atoms with Crippen molar-refractivity contribution in [3.63, 3.8) is 0 Å². The maximum atomic E-state index is 12.3. The molecule has 8 heteroatoms. The molecule has 0 fully saturated rings. The van der Waals surface area contributed by atoms with Gasteiger partial charge in [-0.05, 0) is 32.0 Å². The highest BCUT2D eigenvalue weighted by Crippen LogP contribution is 2.25. The summed E-state index contributed by atoms with van der Waals surface area (Å²) in [6.45, 7) is 2.05. The highest BCUT2D eigenvalue weighted by molar-refractivity contribution is 6.31. The van der Waals surface area contributed by atoms with Gasteiger partial charge in [0.1, 0.15) is 6.10 Å². The molecule has 20 heavy (non-hydrogen) atoms. The second-order valence-electron chi connectivity index (χ2n) is 4.18. The van der Waals surface area contributed by atoms with Gasteiger partial charge in [-0.15, -0.1) is 0 Å². The van der Waals surface area contributed by atoms with Crippen molar-refractivity contribution < 1.29 is 22.7 Å². The van der Waals surface area contributed by atoms with Gasteiger partial charge in [0, 0.05) is 5.02 Å². The molecule has 1 amide bonds. The minimum absolute atomic E-state index is 0.220. The van der Waals surface area contributed by atoms with E-state index in [-0.39, 0.29) is 11.4 Å². The van der Waals surface area contributed by atoms with Crippen molar-refractivity contribution in [1.82, 2.24) is 0 Å². The zero-order chi connectivity index (χ0) is 15.5. The van der Waals surface area contributed by atoms with Crippen LogP contribution in [0.2, 0.25) is 5.02 Å². The second kappa shape index (κ2) is 6.32. The molecule has 0 bridgehead atoms. The molecule has 0 spiro atoms. The zero-order valence-corrected chi connectivity index (χ0v) is 11.5. The van der Waals surface area contributed by atoms with E-state index in [0.29, 0.717) is 5.02 Å². The molecule has 0 aliphatic rings. The quantitative estimate of drug-likeness (QED) is 0.839. The van der Waals surface area contributed by atoms with Crippen molar-refractivity contribution in [2.45, 2.75) is 32.2 Å². The van der Waals surface area contributed by atoms with Crippen molar-refractivity contribution in [2.75, 3.05) is 11.1 Å². The standard InChI is InChI=1S/C12H14ClF3N2O2/c1-6(20-7(2)12(14,15)16)11(19)18-10-5-8(13)3-4-9(10)17/h3-7H,17H2,1-2H3,(H,18,19).